The minimum absolute atomic E-state index is 0.106. The first-order valence-electron chi connectivity index (χ1n) is 7.01. The number of carbonyl (C=O) groups excluding carboxylic acids is 2. The number of ether oxygens (including phenoxy) is 3. The van der Waals surface area contributed by atoms with Crippen molar-refractivity contribution in [2.24, 2.45) is 0 Å². The van der Waals surface area contributed by atoms with Gasteiger partial charge in [0, 0.05) is 0 Å². The number of benzene rings is 1. The smallest absolute Gasteiger partial charge is 0.355 e. The van der Waals surface area contributed by atoms with Gasteiger partial charge >= 0.3 is 11.9 Å². The van der Waals surface area contributed by atoms with Gasteiger partial charge in [-0.2, -0.15) is 0 Å². The van der Waals surface area contributed by atoms with E-state index in [0.717, 1.165) is 25.2 Å². The molecule has 1 aliphatic rings. The number of rotatable bonds is 4. The molecule has 0 atom stereocenters. The second-order valence-corrected chi connectivity index (χ2v) is 5.06. The highest BCUT2D eigenvalue weighted by atomic mass is 19.1. The highest BCUT2D eigenvalue weighted by molar-refractivity contribution is 6.03. The van der Waals surface area contributed by atoms with E-state index in [1.165, 1.54) is 13.0 Å². The van der Waals surface area contributed by atoms with Crippen molar-refractivity contribution in [1.82, 2.24) is 0 Å². The quantitative estimate of drug-likeness (QED) is 0.454. The lowest BCUT2D eigenvalue weighted by molar-refractivity contribution is -0.384. The first-order valence-corrected chi connectivity index (χ1v) is 7.01. The maximum absolute atomic E-state index is 13.7. The van der Waals surface area contributed by atoms with Crippen LogP contribution in [0.15, 0.2) is 23.4 Å². The summed E-state index contributed by atoms with van der Waals surface area (Å²) in [6, 6.07) is 1.94. The van der Waals surface area contributed by atoms with Crippen molar-refractivity contribution < 1.29 is 33.1 Å². The minimum Gasteiger partial charge on any atom is -0.466 e. The van der Waals surface area contributed by atoms with E-state index in [0.29, 0.717) is 0 Å². The van der Waals surface area contributed by atoms with Gasteiger partial charge < -0.3 is 19.1 Å². The van der Waals surface area contributed by atoms with Crippen molar-refractivity contribution in [3.63, 3.8) is 0 Å². The van der Waals surface area contributed by atoms with Crippen LogP contribution in [0.1, 0.15) is 5.56 Å². The van der Waals surface area contributed by atoms with Crippen molar-refractivity contribution >= 4 is 23.3 Å². The predicted octanol–water partition coefficient (Wildman–Crippen LogP) is 1.44. The van der Waals surface area contributed by atoms with Crippen molar-refractivity contribution in [3.8, 4) is 0 Å². The summed E-state index contributed by atoms with van der Waals surface area (Å²) < 4.78 is 28.3. The molecule has 0 saturated carbocycles. The summed E-state index contributed by atoms with van der Waals surface area (Å²) in [4.78, 5) is 35.7. The molecule has 0 N–H and O–H groups in total. The molecule has 10 heteroatoms. The summed E-state index contributed by atoms with van der Waals surface area (Å²) in [7, 11) is 2.22. The molecule has 0 amide bonds. The second kappa shape index (κ2) is 7.26. The maximum Gasteiger partial charge on any atom is 0.355 e. The third-order valence-electron chi connectivity index (χ3n) is 3.58. The van der Waals surface area contributed by atoms with E-state index < -0.39 is 28.4 Å². The Morgan fingerprint density at radius 3 is 2.48 bits per heavy atom. The van der Waals surface area contributed by atoms with Crippen LogP contribution in [0.5, 0.6) is 0 Å². The van der Waals surface area contributed by atoms with E-state index in [2.05, 4.69) is 9.47 Å². The molecule has 1 aromatic carbocycles. The zero-order chi connectivity index (χ0) is 18.7. The molecule has 9 nitrogen and oxygen atoms in total. The number of esters is 2. The van der Waals surface area contributed by atoms with Crippen LogP contribution in [-0.2, 0) is 23.8 Å². The normalized spacial score (nSPS) is 14.3. The third-order valence-corrected chi connectivity index (χ3v) is 3.58. The summed E-state index contributed by atoms with van der Waals surface area (Å²) in [5, 5.41) is 11.3. The molecule has 0 saturated heterocycles. The Balaban J connectivity index is 2.72. The fraction of sp³-hybridized carbons (Fsp3) is 0.333. The molecule has 134 valence electrons. The van der Waals surface area contributed by atoms with Gasteiger partial charge in [0.1, 0.15) is 23.9 Å². The van der Waals surface area contributed by atoms with Crippen LogP contribution in [0.3, 0.4) is 0 Å². The molecular weight excluding hydrogens is 339 g/mol. The monoisotopic (exact) mass is 354 g/mol. The van der Waals surface area contributed by atoms with Crippen LogP contribution in [0.2, 0.25) is 0 Å². The zero-order valence-corrected chi connectivity index (χ0v) is 13.7. The number of hydrogen-bond donors (Lipinski definition) is 0. The second-order valence-electron chi connectivity index (χ2n) is 5.06. The Morgan fingerprint density at radius 2 is 1.92 bits per heavy atom. The summed E-state index contributed by atoms with van der Waals surface area (Å²) in [5.74, 6) is -2.52. The topological polar surface area (TPSA) is 108 Å². The van der Waals surface area contributed by atoms with Crippen LogP contribution in [0.4, 0.5) is 15.8 Å². The fourth-order valence-electron chi connectivity index (χ4n) is 2.35. The Kier molecular flexibility index (Phi) is 5.32. The molecule has 0 fully saturated rings. The average molecular weight is 354 g/mol. The Morgan fingerprint density at radius 1 is 1.28 bits per heavy atom. The molecule has 0 aliphatic carbocycles. The van der Waals surface area contributed by atoms with Gasteiger partial charge in [-0.1, -0.05) is 0 Å². The molecule has 1 heterocycles. The van der Waals surface area contributed by atoms with Crippen LogP contribution >= 0.6 is 0 Å². The molecule has 25 heavy (non-hydrogen) atoms. The number of aryl methyl sites for hydroxylation is 1. The number of nitro benzene ring substituents is 1. The molecule has 2 rings (SSSR count). The lowest BCUT2D eigenvalue weighted by Gasteiger charge is -2.31. The van der Waals surface area contributed by atoms with Crippen LogP contribution < -0.4 is 4.90 Å². The molecule has 1 aliphatic heterocycles. The zero-order valence-electron chi connectivity index (χ0n) is 13.7. The van der Waals surface area contributed by atoms with Gasteiger partial charge in [0.25, 0.3) is 5.69 Å². The van der Waals surface area contributed by atoms with Crippen molar-refractivity contribution in [1.29, 1.82) is 0 Å². The molecule has 1 aromatic rings. The van der Waals surface area contributed by atoms with E-state index in [4.69, 9.17) is 4.74 Å². The third kappa shape index (κ3) is 3.43. The minimum atomic E-state index is -0.903. The van der Waals surface area contributed by atoms with E-state index >= 15 is 0 Å². The molecule has 0 unspecified atom stereocenters. The number of anilines is 1. The maximum atomic E-state index is 13.7. The SMILES string of the molecule is COC(=O)C1=C(C(=O)OC)N(c2cc(C)c(F)cc2[N+](=O)[O-])COC1. The molecular formula is C15H15FN2O7. The van der Waals surface area contributed by atoms with E-state index in [1.807, 2.05) is 0 Å². The highest BCUT2D eigenvalue weighted by Gasteiger charge is 2.35. The predicted molar refractivity (Wildman–Crippen MR) is 82.1 cm³/mol. The average Bonchev–Trinajstić information content (AvgIpc) is 2.61. The van der Waals surface area contributed by atoms with Gasteiger partial charge in [-0.25, -0.2) is 14.0 Å². The van der Waals surface area contributed by atoms with Gasteiger partial charge in [0.2, 0.25) is 0 Å². The standard InChI is InChI=1S/C15H15FN2O7/c1-8-4-11(12(18(21)22)5-10(8)16)17-7-25-6-9(14(19)23-2)13(17)15(20)24-3/h4-5H,6-7H2,1-3H3. The Labute approximate surface area is 141 Å². The van der Waals surface area contributed by atoms with Gasteiger partial charge in [-0.15, -0.1) is 0 Å². The first kappa shape index (κ1) is 18.3. The summed E-state index contributed by atoms with van der Waals surface area (Å²) in [5.41, 5.74) is -0.980. The molecule has 0 radical (unpaired) electrons. The number of carbonyl (C=O) groups is 2. The van der Waals surface area contributed by atoms with Crippen molar-refractivity contribution in [2.45, 2.75) is 6.92 Å². The highest BCUT2D eigenvalue weighted by Crippen LogP contribution is 2.35. The van der Waals surface area contributed by atoms with E-state index in [9.17, 15) is 24.1 Å². The van der Waals surface area contributed by atoms with E-state index in [-0.39, 0.29) is 35.9 Å². The number of nitro groups is 1. The fourth-order valence-corrected chi connectivity index (χ4v) is 2.35. The van der Waals surface area contributed by atoms with E-state index in [1.54, 1.807) is 0 Å². The van der Waals surface area contributed by atoms with Gasteiger partial charge in [-0.3, -0.25) is 10.1 Å². The molecule has 0 spiro atoms. The largest absolute Gasteiger partial charge is 0.466 e. The van der Waals surface area contributed by atoms with Gasteiger partial charge in [-0.05, 0) is 18.6 Å². The Bertz CT molecular complexity index is 775. The summed E-state index contributed by atoms with van der Waals surface area (Å²) >= 11 is 0. The number of hydrogen-bond acceptors (Lipinski definition) is 8. The van der Waals surface area contributed by atoms with Gasteiger partial charge in [0.15, 0.2) is 0 Å². The summed E-state index contributed by atoms with van der Waals surface area (Å²) in [6.07, 6.45) is 0. The molecule has 0 aromatic heterocycles. The van der Waals surface area contributed by atoms with Crippen molar-refractivity contribution in [3.05, 3.63) is 44.9 Å². The summed E-state index contributed by atoms with van der Waals surface area (Å²) in [6.45, 7) is 0.911. The van der Waals surface area contributed by atoms with Crippen LogP contribution in [0, 0.1) is 22.9 Å². The molecule has 0 bridgehead atoms. The number of nitrogens with zero attached hydrogens (tertiary/aromatic N) is 2. The lowest BCUT2D eigenvalue weighted by Crippen LogP contribution is -2.39. The van der Waals surface area contributed by atoms with Gasteiger partial charge in [0.05, 0.1) is 37.4 Å². The number of methoxy groups -OCH3 is 2. The Hall–Kier alpha value is -3.01. The van der Waals surface area contributed by atoms with Crippen LogP contribution in [0.25, 0.3) is 0 Å². The van der Waals surface area contributed by atoms with Crippen molar-refractivity contribution in [2.75, 3.05) is 32.5 Å². The number of halogens is 1. The van der Waals surface area contributed by atoms with Crippen LogP contribution in [-0.4, -0.2) is 44.4 Å². The first-order chi connectivity index (χ1) is 11.8. The lowest BCUT2D eigenvalue weighted by atomic mass is 10.1.